The van der Waals surface area contributed by atoms with Gasteiger partial charge in [0.2, 0.25) is 0 Å². The van der Waals surface area contributed by atoms with Crippen molar-refractivity contribution in [1.82, 2.24) is 4.98 Å². The molecular formula is C22H28IN2O4S-. The van der Waals surface area contributed by atoms with Gasteiger partial charge in [-0.15, -0.1) is 0 Å². The monoisotopic (exact) mass is 543 g/mol. The van der Waals surface area contributed by atoms with Gasteiger partial charge in [0.25, 0.3) is 0 Å². The molecule has 30 heavy (non-hydrogen) atoms. The maximum atomic E-state index is 12.7. The van der Waals surface area contributed by atoms with Crippen LogP contribution in [0.1, 0.15) is 66.4 Å². The van der Waals surface area contributed by atoms with Crippen LogP contribution in [0.4, 0.5) is 6.01 Å². The quantitative estimate of drug-likeness (QED) is 0.154. The fourth-order valence-corrected chi connectivity index (χ4v) is 6.66. The Morgan fingerprint density at radius 2 is 2.03 bits per heavy atom. The van der Waals surface area contributed by atoms with Crippen LogP contribution in [0.5, 0.6) is 0 Å². The molecule has 0 radical (unpaired) electrons. The first-order valence-electron chi connectivity index (χ1n) is 10.4. The first kappa shape index (κ1) is 23.0. The van der Waals surface area contributed by atoms with E-state index in [1.165, 1.54) is 37.0 Å². The molecule has 0 fully saturated rings. The average molecular weight is 543 g/mol. The number of nitrogens with zero attached hydrogens (tertiary/aromatic N) is 1. The number of hydrogen-bond donors (Lipinski definition) is 1. The predicted octanol–water partition coefficient (Wildman–Crippen LogP) is 2.40. The number of alkyl halides is 2. The van der Waals surface area contributed by atoms with E-state index in [2.05, 4.69) is 17.2 Å². The number of unbranched alkanes of at least 4 members (excludes halogenated alkanes) is 5. The van der Waals surface area contributed by atoms with Crippen LogP contribution in [-0.2, 0) is 4.43 Å². The van der Waals surface area contributed by atoms with Crippen molar-refractivity contribution in [2.45, 2.75) is 56.8 Å². The van der Waals surface area contributed by atoms with Crippen LogP contribution in [-0.4, -0.2) is 21.7 Å². The van der Waals surface area contributed by atoms with Gasteiger partial charge >= 0.3 is 165 Å². The van der Waals surface area contributed by atoms with E-state index in [9.17, 15) is 9.59 Å². The van der Waals surface area contributed by atoms with Gasteiger partial charge in [0.15, 0.2) is 0 Å². The predicted molar refractivity (Wildman–Crippen MR) is 116 cm³/mol. The molecule has 3 aromatic rings. The number of aryl methyl sites for hydroxylation is 1. The molecule has 0 bridgehead atoms. The number of rotatable bonds is 13. The van der Waals surface area contributed by atoms with Crippen LogP contribution >= 0.6 is 11.3 Å². The van der Waals surface area contributed by atoms with Crippen molar-refractivity contribution in [3.05, 3.63) is 45.0 Å². The van der Waals surface area contributed by atoms with E-state index in [4.69, 9.17) is 8.83 Å². The fourth-order valence-electron chi connectivity index (χ4n) is 3.19. The summed E-state index contributed by atoms with van der Waals surface area (Å²) in [5, 5.41) is 3.54. The van der Waals surface area contributed by atoms with E-state index in [-0.39, 0.29) is 33.0 Å². The number of aromatic nitrogens is 1. The van der Waals surface area contributed by atoms with Crippen LogP contribution in [0.25, 0.3) is 10.2 Å². The van der Waals surface area contributed by atoms with Gasteiger partial charge in [-0.05, 0) is 0 Å². The SMILES string of the molecule is CCCCCCCCNc1nc2sc(C(=O)C[I-]Cc3ccco3)c(C)c2c(=O)o1. The molecule has 0 unspecified atom stereocenters. The van der Waals surface area contributed by atoms with E-state index < -0.39 is 5.63 Å². The van der Waals surface area contributed by atoms with Crippen molar-refractivity contribution in [2.75, 3.05) is 16.3 Å². The standard InChI is InChI=1S/C22H28IN2O4S/c1-3-4-5-6-7-8-11-24-22-25-20-18(21(27)29-22)15(2)19(30-20)17(26)14-23-13-16-10-9-12-28-16/h9-10,12H,3-8,11,13-14H2,1-2H3,(H,24,25)/q-1. The number of halogens is 1. The molecule has 0 aliphatic heterocycles. The Labute approximate surface area is 190 Å². The van der Waals surface area contributed by atoms with Crippen molar-refractivity contribution < 1.29 is 34.8 Å². The molecule has 0 amide bonds. The normalized spacial score (nSPS) is 11.4. The van der Waals surface area contributed by atoms with Gasteiger partial charge in [-0.3, -0.25) is 0 Å². The van der Waals surface area contributed by atoms with Crippen molar-refractivity contribution in [3.63, 3.8) is 0 Å². The summed E-state index contributed by atoms with van der Waals surface area (Å²) in [6.07, 6.45) is 8.83. The van der Waals surface area contributed by atoms with Crippen molar-refractivity contribution >= 4 is 33.4 Å². The molecule has 3 rings (SSSR count). The summed E-state index contributed by atoms with van der Waals surface area (Å²) in [5.41, 5.74) is 0.259. The summed E-state index contributed by atoms with van der Waals surface area (Å²) >= 11 is 0.956. The number of thiophene rings is 1. The number of nitrogens with one attached hydrogen (secondary N) is 1. The molecule has 0 aromatic carbocycles. The molecule has 3 aromatic heterocycles. The van der Waals surface area contributed by atoms with Gasteiger partial charge in [0, 0.05) is 0 Å². The van der Waals surface area contributed by atoms with Crippen LogP contribution in [0.15, 0.2) is 32.0 Å². The molecule has 6 nitrogen and oxygen atoms in total. The first-order chi connectivity index (χ1) is 14.6. The van der Waals surface area contributed by atoms with Gasteiger partial charge in [0.05, 0.1) is 0 Å². The molecule has 0 saturated carbocycles. The Bertz CT molecular complexity index is 1010. The van der Waals surface area contributed by atoms with E-state index >= 15 is 0 Å². The van der Waals surface area contributed by atoms with Crippen molar-refractivity contribution in [1.29, 1.82) is 0 Å². The zero-order chi connectivity index (χ0) is 21.3. The average Bonchev–Trinajstić information content (AvgIpc) is 3.35. The zero-order valence-electron chi connectivity index (χ0n) is 17.5. The zero-order valence-corrected chi connectivity index (χ0v) is 20.4. The van der Waals surface area contributed by atoms with Crippen LogP contribution in [0.2, 0.25) is 0 Å². The number of Topliss-reactive ketones (excluding diaryl/α,β-unsaturated/α-hetero) is 1. The Morgan fingerprint density at radius 1 is 1.23 bits per heavy atom. The summed E-state index contributed by atoms with van der Waals surface area (Å²) in [4.78, 5) is 30.8. The van der Waals surface area contributed by atoms with Gasteiger partial charge in [-0.1, -0.05) is 26.2 Å². The third-order valence-electron chi connectivity index (χ3n) is 4.81. The number of carbonyl (C=O) groups is 1. The molecule has 3 heterocycles. The maximum absolute atomic E-state index is 12.7. The van der Waals surface area contributed by atoms with Gasteiger partial charge < -0.3 is 0 Å². The molecule has 8 heteroatoms. The van der Waals surface area contributed by atoms with Crippen LogP contribution in [0, 0.1) is 6.92 Å². The molecule has 1 N–H and O–H groups in total. The minimum atomic E-state index is -0.427. The summed E-state index contributed by atoms with van der Waals surface area (Å²) in [7, 11) is 0. The number of hydrogen-bond acceptors (Lipinski definition) is 7. The second-order valence-electron chi connectivity index (χ2n) is 7.20. The molecule has 0 spiro atoms. The van der Waals surface area contributed by atoms with Gasteiger partial charge in [0.1, 0.15) is 0 Å². The third kappa shape index (κ3) is 6.16. The molecular weight excluding hydrogens is 515 g/mol. The number of carbonyl (C=O) groups excluding carboxylic acids is 1. The summed E-state index contributed by atoms with van der Waals surface area (Å²) in [5.74, 6) is 1.00. The first-order valence-corrected chi connectivity index (χ1v) is 14.2. The Morgan fingerprint density at radius 3 is 2.80 bits per heavy atom. The van der Waals surface area contributed by atoms with E-state index in [1.807, 2.05) is 12.1 Å². The second kappa shape index (κ2) is 11.6. The van der Waals surface area contributed by atoms with E-state index in [0.717, 1.165) is 29.6 Å². The molecule has 0 aliphatic carbocycles. The number of fused-ring (bicyclic) bond motifs is 1. The number of ketones is 1. The van der Waals surface area contributed by atoms with Crippen molar-refractivity contribution in [2.24, 2.45) is 0 Å². The van der Waals surface area contributed by atoms with E-state index in [0.29, 0.717) is 25.1 Å². The summed E-state index contributed by atoms with van der Waals surface area (Å²) in [6.45, 7) is 4.74. The molecule has 0 atom stereocenters. The Kier molecular flexibility index (Phi) is 8.92. The second-order valence-corrected chi connectivity index (χ2v) is 10.8. The Balaban J connectivity index is 1.59. The molecule has 0 aliphatic rings. The topological polar surface area (TPSA) is 85.3 Å². The Hall–Kier alpha value is -1.68. The van der Waals surface area contributed by atoms with Crippen molar-refractivity contribution in [3.8, 4) is 0 Å². The van der Waals surface area contributed by atoms with Crippen LogP contribution in [0.3, 0.4) is 0 Å². The van der Waals surface area contributed by atoms with Crippen LogP contribution < -0.4 is 32.1 Å². The molecule has 0 saturated heterocycles. The van der Waals surface area contributed by atoms with Gasteiger partial charge in [-0.2, -0.15) is 0 Å². The summed E-state index contributed by atoms with van der Waals surface area (Å²) < 4.78 is 12.0. The van der Waals surface area contributed by atoms with Gasteiger partial charge in [-0.25, -0.2) is 0 Å². The summed E-state index contributed by atoms with van der Waals surface area (Å²) in [6, 6.07) is 4.04. The van der Waals surface area contributed by atoms with E-state index in [1.54, 1.807) is 13.2 Å². The third-order valence-corrected chi connectivity index (χ3v) is 8.56. The molecule has 164 valence electrons. The fraction of sp³-hybridized carbons (Fsp3) is 0.500. The number of anilines is 1. The minimum absolute atomic E-state index is 0.0795. The number of furan rings is 1.